The second-order valence-electron chi connectivity index (χ2n) is 3.20. The zero-order chi connectivity index (χ0) is 10.4. The average Bonchev–Trinajstić information content (AvgIpc) is 2.53. The predicted molar refractivity (Wildman–Crippen MR) is 60.1 cm³/mol. The molecule has 0 aliphatic rings. The molecule has 0 radical (unpaired) electrons. The fourth-order valence-electron chi connectivity index (χ4n) is 1.31. The molecule has 1 aromatic rings. The lowest BCUT2D eigenvalue weighted by molar-refractivity contribution is 0.337. The van der Waals surface area contributed by atoms with Gasteiger partial charge >= 0.3 is 0 Å². The molecule has 1 aromatic heterocycles. The molecule has 0 fully saturated rings. The molecule has 0 aliphatic carbocycles. The maximum absolute atomic E-state index is 5.32. The highest BCUT2D eigenvalue weighted by atomic mass is 32.1. The van der Waals surface area contributed by atoms with Crippen molar-refractivity contribution in [2.75, 3.05) is 13.2 Å². The summed E-state index contributed by atoms with van der Waals surface area (Å²) in [6.07, 6.45) is 0.970. The van der Waals surface area contributed by atoms with Crippen molar-refractivity contribution in [3.05, 3.63) is 11.1 Å². The summed E-state index contributed by atoms with van der Waals surface area (Å²) >= 11 is 1.57. The van der Waals surface area contributed by atoms with Crippen molar-refractivity contribution < 1.29 is 4.74 Å². The van der Waals surface area contributed by atoms with Gasteiger partial charge in [0.05, 0.1) is 12.3 Å². The molecule has 0 spiro atoms. The van der Waals surface area contributed by atoms with E-state index in [0.29, 0.717) is 12.6 Å². The molecule has 0 amide bonds. The summed E-state index contributed by atoms with van der Waals surface area (Å²) in [6, 6.07) is 0.483. The van der Waals surface area contributed by atoms with E-state index in [0.717, 1.165) is 23.9 Å². The number of thiazole rings is 1. The number of aromatic nitrogens is 1. The molecule has 1 N–H and O–H groups in total. The van der Waals surface area contributed by atoms with Crippen LogP contribution < -0.4 is 10.1 Å². The van der Waals surface area contributed by atoms with Gasteiger partial charge in [-0.2, -0.15) is 0 Å². The molecule has 4 heteroatoms. The maximum atomic E-state index is 5.32. The smallest absolute Gasteiger partial charge is 0.273 e. The third-order valence-electron chi connectivity index (χ3n) is 1.87. The van der Waals surface area contributed by atoms with Crippen LogP contribution >= 0.6 is 11.3 Å². The predicted octanol–water partition coefficient (Wildman–Crippen LogP) is 2.08. The molecule has 0 saturated carbocycles. The third kappa shape index (κ3) is 3.64. The van der Waals surface area contributed by atoms with E-state index in [1.807, 2.05) is 6.92 Å². The van der Waals surface area contributed by atoms with Gasteiger partial charge in [-0.15, -0.1) is 0 Å². The standard InChI is InChI=1S/C10H18N2OS/c1-4-11-8(3)6-9-7-14-10(12-9)13-5-2/h7-8,11H,4-6H2,1-3H3. The van der Waals surface area contributed by atoms with Crippen LogP contribution in [0.25, 0.3) is 0 Å². The van der Waals surface area contributed by atoms with Crippen molar-refractivity contribution in [1.29, 1.82) is 0 Å². The molecule has 14 heavy (non-hydrogen) atoms. The monoisotopic (exact) mass is 214 g/mol. The Balaban J connectivity index is 2.42. The van der Waals surface area contributed by atoms with Gasteiger partial charge < -0.3 is 10.1 Å². The van der Waals surface area contributed by atoms with Crippen molar-refractivity contribution in [2.24, 2.45) is 0 Å². The van der Waals surface area contributed by atoms with Crippen molar-refractivity contribution >= 4 is 11.3 Å². The SMILES string of the molecule is CCNC(C)Cc1csc(OCC)n1. The van der Waals surface area contributed by atoms with Gasteiger partial charge in [-0.1, -0.05) is 18.3 Å². The summed E-state index contributed by atoms with van der Waals surface area (Å²) < 4.78 is 5.32. The Morgan fingerprint density at radius 2 is 2.36 bits per heavy atom. The number of nitrogens with one attached hydrogen (secondary N) is 1. The van der Waals surface area contributed by atoms with Crippen LogP contribution in [0.5, 0.6) is 5.19 Å². The minimum atomic E-state index is 0.483. The van der Waals surface area contributed by atoms with E-state index in [1.54, 1.807) is 11.3 Å². The molecule has 0 saturated heterocycles. The minimum absolute atomic E-state index is 0.483. The fraction of sp³-hybridized carbons (Fsp3) is 0.700. The average molecular weight is 214 g/mol. The van der Waals surface area contributed by atoms with Gasteiger partial charge in [0.2, 0.25) is 0 Å². The van der Waals surface area contributed by atoms with Gasteiger partial charge in [0.15, 0.2) is 0 Å². The molecule has 0 bridgehead atoms. The molecule has 3 nitrogen and oxygen atoms in total. The second kappa shape index (κ2) is 5.98. The number of ether oxygens (including phenoxy) is 1. The van der Waals surface area contributed by atoms with E-state index >= 15 is 0 Å². The zero-order valence-electron chi connectivity index (χ0n) is 9.04. The molecule has 0 aromatic carbocycles. The first-order chi connectivity index (χ1) is 6.76. The van der Waals surface area contributed by atoms with Crippen LogP contribution in [0.1, 0.15) is 26.5 Å². The van der Waals surface area contributed by atoms with Crippen LogP contribution in [0.3, 0.4) is 0 Å². The van der Waals surface area contributed by atoms with Crippen molar-refractivity contribution in [1.82, 2.24) is 10.3 Å². The van der Waals surface area contributed by atoms with Crippen LogP contribution in [0.15, 0.2) is 5.38 Å². The van der Waals surface area contributed by atoms with E-state index in [9.17, 15) is 0 Å². The number of nitrogens with zero attached hydrogens (tertiary/aromatic N) is 1. The van der Waals surface area contributed by atoms with Gasteiger partial charge in [-0.25, -0.2) is 4.98 Å². The summed E-state index contributed by atoms with van der Waals surface area (Å²) in [5, 5.41) is 6.21. The molecule has 80 valence electrons. The number of likely N-dealkylation sites (N-methyl/N-ethyl adjacent to an activating group) is 1. The topological polar surface area (TPSA) is 34.1 Å². The van der Waals surface area contributed by atoms with Gasteiger partial charge in [-0.05, 0) is 20.4 Å². The Morgan fingerprint density at radius 1 is 1.57 bits per heavy atom. The lowest BCUT2D eigenvalue weighted by atomic mass is 10.2. The summed E-state index contributed by atoms with van der Waals surface area (Å²) in [5.74, 6) is 0. The summed E-state index contributed by atoms with van der Waals surface area (Å²) in [6.45, 7) is 7.95. The van der Waals surface area contributed by atoms with Crippen LogP contribution in [-0.2, 0) is 6.42 Å². The molecule has 1 unspecified atom stereocenters. The third-order valence-corrected chi connectivity index (χ3v) is 2.67. The Morgan fingerprint density at radius 3 is 3.00 bits per heavy atom. The summed E-state index contributed by atoms with van der Waals surface area (Å²) in [7, 11) is 0. The first-order valence-corrected chi connectivity index (χ1v) is 5.94. The van der Waals surface area contributed by atoms with E-state index < -0.39 is 0 Å². The normalized spacial score (nSPS) is 12.8. The van der Waals surface area contributed by atoms with Crippen molar-refractivity contribution in [3.8, 4) is 5.19 Å². The van der Waals surface area contributed by atoms with Crippen molar-refractivity contribution in [2.45, 2.75) is 33.2 Å². The molecule has 1 heterocycles. The van der Waals surface area contributed by atoms with Gasteiger partial charge in [0.1, 0.15) is 0 Å². The van der Waals surface area contributed by atoms with Crippen LogP contribution in [-0.4, -0.2) is 24.2 Å². The lowest BCUT2D eigenvalue weighted by Gasteiger charge is -2.09. The second-order valence-corrected chi connectivity index (χ2v) is 4.02. The highest BCUT2D eigenvalue weighted by Crippen LogP contribution is 2.18. The van der Waals surface area contributed by atoms with Crippen LogP contribution in [0.2, 0.25) is 0 Å². The quantitative estimate of drug-likeness (QED) is 0.787. The van der Waals surface area contributed by atoms with Crippen LogP contribution in [0.4, 0.5) is 0 Å². The van der Waals surface area contributed by atoms with E-state index in [4.69, 9.17) is 4.74 Å². The number of hydrogen-bond donors (Lipinski definition) is 1. The zero-order valence-corrected chi connectivity index (χ0v) is 9.86. The number of rotatable bonds is 6. The number of hydrogen-bond acceptors (Lipinski definition) is 4. The maximum Gasteiger partial charge on any atom is 0.273 e. The summed E-state index contributed by atoms with van der Waals surface area (Å²) in [4.78, 5) is 4.38. The van der Waals surface area contributed by atoms with E-state index in [1.165, 1.54) is 0 Å². The van der Waals surface area contributed by atoms with Gasteiger partial charge in [0, 0.05) is 17.8 Å². The highest BCUT2D eigenvalue weighted by Gasteiger charge is 2.06. The first kappa shape index (κ1) is 11.5. The molecule has 1 atom stereocenters. The minimum Gasteiger partial charge on any atom is -0.470 e. The highest BCUT2D eigenvalue weighted by molar-refractivity contribution is 7.11. The molecule has 1 rings (SSSR count). The van der Waals surface area contributed by atoms with E-state index in [2.05, 4.69) is 29.5 Å². The van der Waals surface area contributed by atoms with Gasteiger partial charge in [0.25, 0.3) is 5.19 Å². The summed E-state index contributed by atoms with van der Waals surface area (Å²) in [5.41, 5.74) is 1.12. The van der Waals surface area contributed by atoms with Crippen LogP contribution in [0, 0.1) is 0 Å². The Kier molecular flexibility index (Phi) is 4.90. The van der Waals surface area contributed by atoms with Crippen molar-refractivity contribution in [3.63, 3.8) is 0 Å². The lowest BCUT2D eigenvalue weighted by Crippen LogP contribution is -2.27. The molecule has 0 aliphatic heterocycles. The largest absolute Gasteiger partial charge is 0.470 e. The molecular weight excluding hydrogens is 196 g/mol. The molecular formula is C10H18N2OS. The Hall–Kier alpha value is -0.610. The van der Waals surface area contributed by atoms with Gasteiger partial charge in [-0.3, -0.25) is 0 Å². The Bertz CT molecular complexity index is 262. The Labute approximate surface area is 89.5 Å². The fourth-order valence-corrected chi connectivity index (χ4v) is 2.05. The first-order valence-electron chi connectivity index (χ1n) is 5.06. The van der Waals surface area contributed by atoms with E-state index in [-0.39, 0.29) is 0 Å².